The van der Waals surface area contributed by atoms with Gasteiger partial charge in [-0.15, -0.1) is 0 Å². The molecule has 1 aliphatic heterocycles. The summed E-state index contributed by atoms with van der Waals surface area (Å²) in [6.07, 6.45) is 3.20. The van der Waals surface area contributed by atoms with Gasteiger partial charge < -0.3 is 10.6 Å². The molecule has 3 rings (SSSR count). The first kappa shape index (κ1) is 17.7. The van der Waals surface area contributed by atoms with Crippen LogP contribution in [0.15, 0.2) is 24.4 Å². The van der Waals surface area contributed by atoms with Crippen LogP contribution in [0.4, 0.5) is 5.69 Å². The molecule has 0 radical (unpaired) electrons. The van der Waals surface area contributed by atoms with Gasteiger partial charge in [-0.3, -0.25) is 14.3 Å². The number of aryl methyl sites for hydroxylation is 2. The number of hydrogen-bond donors (Lipinski definition) is 2. The maximum absolute atomic E-state index is 12.8. The van der Waals surface area contributed by atoms with Crippen molar-refractivity contribution in [1.82, 2.24) is 15.1 Å². The molecule has 1 aliphatic rings. The summed E-state index contributed by atoms with van der Waals surface area (Å²) in [5.74, 6) is 0.0119. The highest BCUT2D eigenvalue weighted by atomic mass is 16.2. The molecule has 1 atom stereocenters. The first-order valence-electron chi connectivity index (χ1n) is 8.59. The van der Waals surface area contributed by atoms with E-state index in [2.05, 4.69) is 21.8 Å². The molecule has 2 aromatic rings. The Morgan fingerprint density at radius 2 is 2.23 bits per heavy atom. The number of carbonyl (C=O) groups is 2. The first-order valence-corrected chi connectivity index (χ1v) is 8.59. The number of benzene rings is 1. The molecular weight excluding hydrogens is 330 g/mol. The zero-order valence-corrected chi connectivity index (χ0v) is 14.9. The number of rotatable bonds is 4. The average Bonchev–Trinajstić information content (AvgIpc) is 3.05. The lowest BCUT2D eigenvalue weighted by atomic mass is 9.94. The van der Waals surface area contributed by atoms with Crippen LogP contribution in [0.3, 0.4) is 0 Å². The molecule has 2 N–H and O–H groups in total. The topological polar surface area (TPSA) is 99.8 Å². The third-order valence-electron chi connectivity index (χ3n) is 4.68. The van der Waals surface area contributed by atoms with E-state index in [-0.39, 0.29) is 11.8 Å². The molecule has 0 saturated carbocycles. The number of amides is 2. The summed E-state index contributed by atoms with van der Waals surface area (Å²) in [6, 6.07) is 7.28. The second-order valence-corrected chi connectivity index (χ2v) is 6.62. The largest absolute Gasteiger partial charge is 0.356 e. The Labute approximate surface area is 152 Å². The number of aromatic nitrogens is 2. The van der Waals surface area contributed by atoms with Gasteiger partial charge in [0.25, 0.3) is 5.91 Å². The van der Waals surface area contributed by atoms with E-state index in [4.69, 9.17) is 5.26 Å². The summed E-state index contributed by atoms with van der Waals surface area (Å²) >= 11 is 0. The minimum absolute atomic E-state index is 0.0464. The van der Waals surface area contributed by atoms with Crippen LogP contribution in [0.25, 0.3) is 0 Å². The Bertz CT molecular complexity index is 894. The van der Waals surface area contributed by atoms with Gasteiger partial charge in [0.05, 0.1) is 29.1 Å². The van der Waals surface area contributed by atoms with Crippen molar-refractivity contribution in [3.63, 3.8) is 0 Å². The number of anilines is 1. The van der Waals surface area contributed by atoms with Gasteiger partial charge in [-0.2, -0.15) is 10.4 Å². The van der Waals surface area contributed by atoms with Crippen LogP contribution in [-0.4, -0.2) is 28.1 Å². The van der Waals surface area contributed by atoms with Gasteiger partial charge in [-0.05, 0) is 43.4 Å². The number of nitrogens with one attached hydrogen (secondary N) is 2. The van der Waals surface area contributed by atoms with E-state index < -0.39 is 0 Å². The zero-order chi connectivity index (χ0) is 18.7. The number of fused-ring (bicyclic) bond motifs is 1. The second kappa shape index (κ2) is 7.40. The molecule has 0 spiro atoms. The lowest BCUT2D eigenvalue weighted by molar-refractivity contribution is -0.119. The molecule has 7 heteroatoms. The Morgan fingerprint density at radius 3 is 2.96 bits per heavy atom. The van der Waals surface area contributed by atoms with Gasteiger partial charge in [-0.25, -0.2) is 0 Å². The standard InChI is InChI=1S/C19H21N5O2/c1-12-3-4-14(9-20)7-17(12)23-19(26)16-11-22-24-6-5-15(8-18(16)24)10-21-13(2)25/h3-4,7,11,15H,5-6,8,10H2,1-2H3,(H,21,25)(H,23,26)/t15-/m1/s1. The van der Waals surface area contributed by atoms with Gasteiger partial charge >= 0.3 is 0 Å². The minimum atomic E-state index is -0.232. The molecular formula is C19H21N5O2. The van der Waals surface area contributed by atoms with Crippen LogP contribution in [0.5, 0.6) is 0 Å². The van der Waals surface area contributed by atoms with Crippen molar-refractivity contribution in [2.75, 3.05) is 11.9 Å². The van der Waals surface area contributed by atoms with Crippen molar-refractivity contribution in [1.29, 1.82) is 5.26 Å². The van der Waals surface area contributed by atoms with Crippen molar-refractivity contribution in [2.24, 2.45) is 5.92 Å². The van der Waals surface area contributed by atoms with E-state index in [0.717, 1.165) is 24.2 Å². The monoisotopic (exact) mass is 351 g/mol. The minimum Gasteiger partial charge on any atom is -0.356 e. The Balaban J connectivity index is 1.77. The van der Waals surface area contributed by atoms with Crippen LogP contribution >= 0.6 is 0 Å². The maximum Gasteiger partial charge on any atom is 0.259 e. The summed E-state index contributed by atoms with van der Waals surface area (Å²) in [4.78, 5) is 23.9. The third kappa shape index (κ3) is 3.75. The van der Waals surface area contributed by atoms with E-state index in [1.54, 1.807) is 18.3 Å². The fraction of sp³-hybridized carbons (Fsp3) is 0.368. The molecule has 7 nitrogen and oxygen atoms in total. The number of hydrogen-bond acceptors (Lipinski definition) is 4. The van der Waals surface area contributed by atoms with Crippen molar-refractivity contribution >= 4 is 17.5 Å². The quantitative estimate of drug-likeness (QED) is 0.880. The molecule has 0 unspecified atom stereocenters. The van der Waals surface area contributed by atoms with E-state index in [1.165, 1.54) is 6.92 Å². The molecule has 26 heavy (non-hydrogen) atoms. The van der Waals surface area contributed by atoms with Crippen molar-refractivity contribution in [2.45, 2.75) is 33.2 Å². The Kier molecular flexibility index (Phi) is 5.03. The number of nitriles is 1. The Hall–Kier alpha value is -3.14. The molecule has 0 bridgehead atoms. The molecule has 2 amide bonds. The third-order valence-corrected chi connectivity index (χ3v) is 4.68. The molecule has 0 saturated heterocycles. The van der Waals surface area contributed by atoms with Crippen molar-refractivity contribution in [3.8, 4) is 6.07 Å². The summed E-state index contributed by atoms with van der Waals surface area (Å²) in [5.41, 5.74) is 3.44. The Morgan fingerprint density at radius 1 is 1.42 bits per heavy atom. The van der Waals surface area contributed by atoms with Gasteiger partial charge in [0.1, 0.15) is 0 Å². The van der Waals surface area contributed by atoms with Crippen LogP contribution in [0, 0.1) is 24.2 Å². The van der Waals surface area contributed by atoms with Gasteiger partial charge in [0, 0.05) is 25.7 Å². The molecule has 0 fully saturated rings. The predicted octanol–water partition coefficient (Wildman–Crippen LogP) is 2.01. The average molecular weight is 351 g/mol. The molecule has 0 aliphatic carbocycles. The summed E-state index contributed by atoms with van der Waals surface area (Å²) < 4.78 is 1.86. The smallest absolute Gasteiger partial charge is 0.259 e. The lowest BCUT2D eigenvalue weighted by Crippen LogP contribution is -2.32. The van der Waals surface area contributed by atoms with Gasteiger partial charge in [0.15, 0.2) is 0 Å². The summed E-state index contributed by atoms with van der Waals surface area (Å²) in [6.45, 7) is 4.72. The fourth-order valence-electron chi connectivity index (χ4n) is 3.17. The second-order valence-electron chi connectivity index (χ2n) is 6.62. The first-order chi connectivity index (χ1) is 12.5. The van der Waals surface area contributed by atoms with Crippen molar-refractivity contribution in [3.05, 3.63) is 46.8 Å². The molecule has 2 heterocycles. The van der Waals surface area contributed by atoms with Crippen molar-refractivity contribution < 1.29 is 9.59 Å². The number of nitrogens with zero attached hydrogens (tertiary/aromatic N) is 3. The highest BCUT2D eigenvalue weighted by molar-refractivity contribution is 6.05. The van der Waals surface area contributed by atoms with Gasteiger partial charge in [-0.1, -0.05) is 6.07 Å². The van der Waals surface area contributed by atoms with Crippen LogP contribution in [0.2, 0.25) is 0 Å². The van der Waals surface area contributed by atoms with Crippen LogP contribution in [-0.2, 0) is 17.8 Å². The normalized spacial score (nSPS) is 15.7. The number of carbonyl (C=O) groups excluding carboxylic acids is 2. The molecule has 134 valence electrons. The van der Waals surface area contributed by atoms with Gasteiger partial charge in [0.2, 0.25) is 5.91 Å². The molecule has 1 aromatic heterocycles. The van der Waals surface area contributed by atoms with E-state index >= 15 is 0 Å². The predicted molar refractivity (Wildman–Crippen MR) is 96.6 cm³/mol. The highest BCUT2D eigenvalue weighted by Crippen LogP contribution is 2.24. The highest BCUT2D eigenvalue weighted by Gasteiger charge is 2.25. The maximum atomic E-state index is 12.8. The van der Waals surface area contributed by atoms with Crippen LogP contribution in [0.1, 0.15) is 40.5 Å². The van der Waals surface area contributed by atoms with E-state index in [9.17, 15) is 9.59 Å². The summed E-state index contributed by atoms with van der Waals surface area (Å²) in [7, 11) is 0. The lowest BCUT2D eigenvalue weighted by Gasteiger charge is -2.24. The zero-order valence-electron chi connectivity index (χ0n) is 14.9. The summed E-state index contributed by atoms with van der Waals surface area (Å²) in [5, 5.41) is 19.1. The van der Waals surface area contributed by atoms with E-state index in [1.807, 2.05) is 17.7 Å². The SMILES string of the molecule is CC(=O)NC[C@@H]1CCn2ncc(C(=O)Nc3cc(C#N)ccc3C)c2C1. The molecule has 1 aromatic carbocycles. The van der Waals surface area contributed by atoms with Crippen LogP contribution < -0.4 is 10.6 Å². The van der Waals surface area contributed by atoms with E-state index in [0.29, 0.717) is 35.7 Å². The fourth-order valence-corrected chi connectivity index (χ4v) is 3.17.